The van der Waals surface area contributed by atoms with E-state index in [0.29, 0.717) is 17.3 Å². The van der Waals surface area contributed by atoms with E-state index >= 15 is 0 Å². The number of fused-ring (bicyclic) bond motifs is 1. The molecule has 0 saturated carbocycles. The lowest BCUT2D eigenvalue weighted by molar-refractivity contribution is -0.121. The van der Waals surface area contributed by atoms with E-state index in [9.17, 15) is 9.59 Å². The minimum Gasteiger partial charge on any atom is -0.484 e. The summed E-state index contributed by atoms with van der Waals surface area (Å²) in [5.41, 5.74) is 2.40. The van der Waals surface area contributed by atoms with Crippen LogP contribution in [0.1, 0.15) is 23.1 Å². The number of likely N-dealkylation sites (N-methyl/N-ethyl adjacent to an activating group) is 1. The number of nitrogens with zero attached hydrogens (tertiary/aromatic N) is 4. The topological polar surface area (TPSA) is 97.3 Å². The predicted molar refractivity (Wildman–Crippen MR) is 111 cm³/mol. The van der Waals surface area contributed by atoms with Gasteiger partial charge in [0.25, 0.3) is 11.8 Å². The van der Waals surface area contributed by atoms with Crippen LogP contribution in [0.15, 0.2) is 54.9 Å². The molecule has 0 radical (unpaired) electrons. The Labute approximate surface area is 173 Å². The van der Waals surface area contributed by atoms with Crippen molar-refractivity contribution in [2.24, 2.45) is 0 Å². The molecule has 2 atom stereocenters. The molecule has 30 heavy (non-hydrogen) atoms. The number of nitrogens with one attached hydrogen (secondary N) is 1. The minimum absolute atomic E-state index is 0.0120. The van der Waals surface area contributed by atoms with Gasteiger partial charge < -0.3 is 10.1 Å². The largest absolute Gasteiger partial charge is 0.484 e. The number of ether oxygens (including phenoxy) is 1. The Kier molecular flexibility index (Phi) is 5.14. The van der Waals surface area contributed by atoms with Gasteiger partial charge in [-0.25, -0.2) is 15.0 Å². The summed E-state index contributed by atoms with van der Waals surface area (Å²) in [7, 11) is 1.60. The Morgan fingerprint density at radius 3 is 2.67 bits per heavy atom. The summed E-state index contributed by atoms with van der Waals surface area (Å²) < 4.78 is 5.88. The Morgan fingerprint density at radius 2 is 1.90 bits per heavy atom. The zero-order chi connectivity index (χ0) is 21.3. The van der Waals surface area contributed by atoms with Crippen LogP contribution in [0.25, 0.3) is 11.3 Å². The molecule has 4 rings (SSSR count). The van der Waals surface area contributed by atoms with Crippen LogP contribution in [-0.4, -0.2) is 46.0 Å². The highest BCUT2D eigenvalue weighted by Crippen LogP contribution is 2.29. The number of rotatable bonds is 3. The Hall–Kier alpha value is -3.81. The van der Waals surface area contributed by atoms with E-state index in [2.05, 4.69) is 20.3 Å². The monoisotopic (exact) mass is 403 g/mol. The molecule has 0 bridgehead atoms. The van der Waals surface area contributed by atoms with E-state index in [0.717, 1.165) is 11.1 Å². The average Bonchev–Trinajstić information content (AvgIpc) is 2.85. The first-order chi connectivity index (χ1) is 14.5. The van der Waals surface area contributed by atoms with Crippen molar-refractivity contribution in [3.8, 4) is 17.0 Å². The molecule has 3 heterocycles. The normalized spacial score (nSPS) is 18.2. The first-order valence-electron chi connectivity index (χ1n) is 9.55. The van der Waals surface area contributed by atoms with Crippen molar-refractivity contribution in [2.45, 2.75) is 26.0 Å². The van der Waals surface area contributed by atoms with Crippen LogP contribution in [-0.2, 0) is 4.79 Å². The van der Waals surface area contributed by atoms with E-state index in [4.69, 9.17) is 4.74 Å². The summed E-state index contributed by atoms with van der Waals surface area (Å²) in [6, 6.07) is 12.1. The third-order valence-corrected chi connectivity index (χ3v) is 4.96. The fraction of sp³-hybridized carbons (Fsp3) is 0.227. The zero-order valence-electron chi connectivity index (χ0n) is 16.9. The lowest BCUT2D eigenvalue weighted by Gasteiger charge is -2.23. The number of anilines is 1. The van der Waals surface area contributed by atoms with Crippen molar-refractivity contribution in [3.05, 3.63) is 66.2 Å². The standard InChI is InChI=1S/C22H21N5O3/c1-13-12-24-19(25-17(13)15-8-5-4-6-9-15)21(28)26-18-14(2)30-16-10-7-11-23-20(16)27(3)22(18)29/h4-12,14,18H,1-3H3,(H,26,28)/t14?,18-/m0/s1. The smallest absolute Gasteiger partial charge is 0.289 e. The highest BCUT2D eigenvalue weighted by molar-refractivity contribution is 6.02. The Balaban J connectivity index is 1.60. The van der Waals surface area contributed by atoms with Crippen molar-refractivity contribution < 1.29 is 14.3 Å². The number of benzene rings is 1. The van der Waals surface area contributed by atoms with Crippen molar-refractivity contribution in [2.75, 3.05) is 11.9 Å². The number of carbonyl (C=O) groups excluding carboxylic acids is 2. The minimum atomic E-state index is -0.915. The second-order valence-corrected chi connectivity index (χ2v) is 7.09. The van der Waals surface area contributed by atoms with Crippen LogP contribution in [0.5, 0.6) is 5.75 Å². The third kappa shape index (κ3) is 3.59. The molecule has 8 nitrogen and oxygen atoms in total. The van der Waals surface area contributed by atoms with Gasteiger partial charge in [0.15, 0.2) is 11.6 Å². The summed E-state index contributed by atoms with van der Waals surface area (Å²) in [6.07, 6.45) is 2.58. The molecular weight excluding hydrogens is 382 g/mol. The summed E-state index contributed by atoms with van der Waals surface area (Å²) in [5, 5.41) is 2.73. The summed E-state index contributed by atoms with van der Waals surface area (Å²) in [4.78, 5) is 40.1. The molecule has 0 saturated heterocycles. The molecule has 8 heteroatoms. The quantitative estimate of drug-likeness (QED) is 0.721. The second-order valence-electron chi connectivity index (χ2n) is 7.09. The highest BCUT2D eigenvalue weighted by atomic mass is 16.5. The van der Waals surface area contributed by atoms with E-state index in [1.807, 2.05) is 37.3 Å². The number of aromatic nitrogens is 3. The first kappa shape index (κ1) is 19.5. The van der Waals surface area contributed by atoms with Gasteiger partial charge in [0.05, 0.1) is 5.69 Å². The van der Waals surface area contributed by atoms with E-state index in [-0.39, 0.29) is 11.7 Å². The van der Waals surface area contributed by atoms with Gasteiger partial charge in [-0.3, -0.25) is 14.5 Å². The van der Waals surface area contributed by atoms with Crippen LogP contribution in [0, 0.1) is 6.92 Å². The van der Waals surface area contributed by atoms with Crippen LogP contribution >= 0.6 is 0 Å². The highest BCUT2D eigenvalue weighted by Gasteiger charge is 2.36. The van der Waals surface area contributed by atoms with Crippen LogP contribution in [0.3, 0.4) is 0 Å². The third-order valence-electron chi connectivity index (χ3n) is 4.96. The molecule has 1 aliphatic rings. The van der Waals surface area contributed by atoms with Crippen LogP contribution in [0.4, 0.5) is 5.82 Å². The van der Waals surface area contributed by atoms with E-state index in [1.54, 1.807) is 38.5 Å². The molecule has 0 aliphatic carbocycles. The first-order valence-corrected chi connectivity index (χ1v) is 9.55. The Bertz CT molecular complexity index is 1100. The number of pyridine rings is 1. The fourth-order valence-corrected chi connectivity index (χ4v) is 3.33. The molecule has 3 aromatic rings. The second kappa shape index (κ2) is 7.90. The maximum atomic E-state index is 13.0. The maximum absolute atomic E-state index is 13.0. The van der Waals surface area contributed by atoms with Crippen LogP contribution in [0.2, 0.25) is 0 Å². The molecule has 1 unspecified atom stereocenters. The molecule has 2 amide bonds. The van der Waals surface area contributed by atoms with Gasteiger partial charge in [-0.1, -0.05) is 30.3 Å². The van der Waals surface area contributed by atoms with Gasteiger partial charge in [0.2, 0.25) is 5.82 Å². The van der Waals surface area contributed by atoms with Gasteiger partial charge in [-0.2, -0.15) is 0 Å². The number of carbonyl (C=O) groups is 2. The molecular formula is C22H21N5O3. The summed E-state index contributed by atoms with van der Waals surface area (Å²) in [6.45, 7) is 3.61. The van der Waals surface area contributed by atoms with Crippen molar-refractivity contribution in [3.63, 3.8) is 0 Å². The lowest BCUT2D eigenvalue weighted by atomic mass is 10.1. The van der Waals surface area contributed by atoms with Crippen molar-refractivity contribution in [1.29, 1.82) is 0 Å². The molecule has 152 valence electrons. The lowest BCUT2D eigenvalue weighted by Crippen LogP contribution is -2.53. The van der Waals surface area contributed by atoms with Gasteiger partial charge in [-0.05, 0) is 31.5 Å². The number of hydrogen-bond acceptors (Lipinski definition) is 6. The summed E-state index contributed by atoms with van der Waals surface area (Å²) in [5.74, 6) is -0.00131. The van der Waals surface area contributed by atoms with Gasteiger partial charge in [0, 0.05) is 25.0 Å². The number of aryl methyl sites for hydroxylation is 1. The SMILES string of the molecule is Cc1cnc(C(=O)N[C@@H]2C(=O)N(C)c3ncccc3OC2C)nc1-c1ccccc1. The predicted octanol–water partition coefficient (Wildman–Crippen LogP) is 2.39. The molecule has 1 aromatic carbocycles. The average molecular weight is 403 g/mol. The Morgan fingerprint density at radius 1 is 1.13 bits per heavy atom. The molecule has 2 aromatic heterocycles. The van der Waals surface area contributed by atoms with Gasteiger partial charge in [0.1, 0.15) is 12.1 Å². The van der Waals surface area contributed by atoms with E-state index < -0.39 is 18.1 Å². The molecule has 0 spiro atoms. The van der Waals surface area contributed by atoms with Gasteiger partial charge >= 0.3 is 0 Å². The van der Waals surface area contributed by atoms with Crippen LogP contribution < -0.4 is 15.0 Å². The van der Waals surface area contributed by atoms with Crippen molar-refractivity contribution >= 4 is 17.6 Å². The number of hydrogen-bond donors (Lipinski definition) is 1. The fourth-order valence-electron chi connectivity index (χ4n) is 3.33. The van der Waals surface area contributed by atoms with Crippen molar-refractivity contribution in [1.82, 2.24) is 20.3 Å². The van der Waals surface area contributed by atoms with E-state index in [1.165, 1.54) is 4.90 Å². The number of amides is 2. The van der Waals surface area contributed by atoms with Gasteiger partial charge in [-0.15, -0.1) is 0 Å². The molecule has 0 fully saturated rings. The molecule has 1 aliphatic heterocycles. The summed E-state index contributed by atoms with van der Waals surface area (Å²) >= 11 is 0. The maximum Gasteiger partial charge on any atom is 0.289 e. The zero-order valence-corrected chi connectivity index (χ0v) is 16.9. The molecule has 1 N–H and O–H groups in total.